The van der Waals surface area contributed by atoms with E-state index in [9.17, 15) is 0 Å². The van der Waals surface area contributed by atoms with Gasteiger partial charge in [0.1, 0.15) is 11.5 Å². The highest BCUT2D eigenvalue weighted by Gasteiger charge is 2.03. The summed E-state index contributed by atoms with van der Waals surface area (Å²) in [6.45, 7) is 4.59. The van der Waals surface area contributed by atoms with Crippen LogP contribution in [-0.4, -0.2) is 6.10 Å². The van der Waals surface area contributed by atoms with Crippen molar-refractivity contribution in [2.24, 2.45) is 0 Å². The van der Waals surface area contributed by atoms with E-state index in [1.54, 1.807) is 6.26 Å². The van der Waals surface area contributed by atoms with Gasteiger partial charge in [-0.05, 0) is 32.0 Å². The molecule has 3 N–H and O–H groups in total. The molecule has 0 amide bonds. The number of hydrogen-bond donors (Lipinski definition) is 2. The van der Waals surface area contributed by atoms with Crippen LogP contribution in [0.15, 0.2) is 41.0 Å². The first-order valence-corrected chi connectivity index (χ1v) is 5.97. The molecule has 0 saturated carbocycles. The van der Waals surface area contributed by atoms with Gasteiger partial charge in [-0.3, -0.25) is 0 Å². The SMILES string of the molecule is CC(C)Oc1cc(N)cc(NCc2ccco2)c1. The summed E-state index contributed by atoms with van der Waals surface area (Å²) in [7, 11) is 0. The van der Waals surface area contributed by atoms with Crippen LogP contribution in [0.1, 0.15) is 19.6 Å². The number of nitrogens with two attached hydrogens (primary N) is 1. The number of nitrogen functional groups attached to an aromatic ring is 1. The topological polar surface area (TPSA) is 60.4 Å². The van der Waals surface area contributed by atoms with Crippen molar-refractivity contribution in [1.29, 1.82) is 0 Å². The van der Waals surface area contributed by atoms with E-state index >= 15 is 0 Å². The van der Waals surface area contributed by atoms with E-state index in [4.69, 9.17) is 14.9 Å². The quantitative estimate of drug-likeness (QED) is 0.795. The highest BCUT2D eigenvalue weighted by molar-refractivity contribution is 5.59. The Morgan fingerprint density at radius 2 is 2.17 bits per heavy atom. The van der Waals surface area contributed by atoms with Crippen LogP contribution in [0.4, 0.5) is 11.4 Å². The van der Waals surface area contributed by atoms with Crippen molar-refractivity contribution < 1.29 is 9.15 Å². The monoisotopic (exact) mass is 246 g/mol. The second kappa shape index (κ2) is 5.49. The Bertz CT molecular complexity index is 493. The Labute approximate surface area is 107 Å². The number of benzene rings is 1. The summed E-state index contributed by atoms with van der Waals surface area (Å²) >= 11 is 0. The maximum Gasteiger partial charge on any atom is 0.123 e. The molecule has 0 aliphatic heterocycles. The lowest BCUT2D eigenvalue weighted by molar-refractivity contribution is 0.242. The van der Waals surface area contributed by atoms with Crippen molar-refractivity contribution >= 4 is 11.4 Å². The van der Waals surface area contributed by atoms with E-state index in [1.807, 2.05) is 44.2 Å². The molecular formula is C14H18N2O2. The van der Waals surface area contributed by atoms with Gasteiger partial charge < -0.3 is 20.2 Å². The fourth-order valence-corrected chi connectivity index (χ4v) is 1.67. The van der Waals surface area contributed by atoms with Crippen LogP contribution in [0.2, 0.25) is 0 Å². The van der Waals surface area contributed by atoms with Crippen molar-refractivity contribution in [3.8, 4) is 5.75 Å². The summed E-state index contributed by atoms with van der Waals surface area (Å²) in [5.74, 6) is 1.65. The number of anilines is 2. The number of nitrogens with one attached hydrogen (secondary N) is 1. The van der Waals surface area contributed by atoms with E-state index in [0.717, 1.165) is 17.2 Å². The van der Waals surface area contributed by atoms with Gasteiger partial charge in [0, 0.05) is 23.5 Å². The fourth-order valence-electron chi connectivity index (χ4n) is 1.67. The van der Waals surface area contributed by atoms with Gasteiger partial charge in [0.25, 0.3) is 0 Å². The van der Waals surface area contributed by atoms with Crippen LogP contribution in [-0.2, 0) is 6.54 Å². The highest BCUT2D eigenvalue weighted by Crippen LogP contribution is 2.24. The maximum atomic E-state index is 5.84. The Hall–Kier alpha value is -2.10. The maximum absolute atomic E-state index is 5.84. The minimum Gasteiger partial charge on any atom is -0.491 e. The molecule has 0 aliphatic rings. The molecule has 1 aromatic heterocycles. The highest BCUT2D eigenvalue weighted by atomic mass is 16.5. The summed E-state index contributed by atoms with van der Waals surface area (Å²) in [5.41, 5.74) is 7.44. The first-order valence-electron chi connectivity index (χ1n) is 5.97. The summed E-state index contributed by atoms with van der Waals surface area (Å²) < 4.78 is 10.9. The number of furan rings is 1. The van der Waals surface area contributed by atoms with E-state index in [-0.39, 0.29) is 6.10 Å². The predicted molar refractivity (Wildman–Crippen MR) is 72.7 cm³/mol. The third-order valence-corrected chi connectivity index (χ3v) is 2.35. The Morgan fingerprint density at radius 3 is 2.83 bits per heavy atom. The van der Waals surface area contributed by atoms with Gasteiger partial charge in [0.15, 0.2) is 0 Å². The first-order chi connectivity index (χ1) is 8.63. The standard InChI is InChI=1S/C14H18N2O2/c1-10(2)18-14-7-11(15)6-12(8-14)16-9-13-4-3-5-17-13/h3-8,10,16H,9,15H2,1-2H3. The summed E-state index contributed by atoms with van der Waals surface area (Å²) in [6, 6.07) is 9.40. The molecule has 0 bridgehead atoms. The Kier molecular flexibility index (Phi) is 3.77. The van der Waals surface area contributed by atoms with E-state index in [1.165, 1.54) is 0 Å². The minimum atomic E-state index is 0.129. The van der Waals surface area contributed by atoms with Crippen molar-refractivity contribution in [3.05, 3.63) is 42.4 Å². The molecular weight excluding hydrogens is 228 g/mol. The lowest BCUT2D eigenvalue weighted by Crippen LogP contribution is -2.06. The summed E-state index contributed by atoms with van der Waals surface area (Å²) in [4.78, 5) is 0. The number of ether oxygens (including phenoxy) is 1. The second-order valence-electron chi connectivity index (χ2n) is 4.39. The van der Waals surface area contributed by atoms with Gasteiger partial charge in [0.2, 0.25) is 0 Å². The molecule has 0 unspecified atom stereocenters. The van der Waals surface area contributed by atoms with Gasteiger partial charge in [-0.2, -0.15) is 0 Å². The summed E-state index contributed by atoms with van der Waals surface area (Å²) in [5, 5.41) is 3.25. The summed E-state index contributed by atoms with van der Waals surface area (Å²) in [6.07, 6.45) is 1.79. The van der Waals surface area contributed by atoms with Gasteiger partial charge in [-0.15, -0.1) is 0 Å². The lowest BCUT2D eigenvalue weighted by Gasteiger charge is -2.13. The number of hydrogen-bond acceptors (Lipinski definition) is 4. The normalized spacial score (nSPS) is 10.6. The zero-order valence-corrected chi connectivity index (χ0v) is 10.6. The van der Waals surface area contributed by atoms with Gasteiger partial charge >= 0.3 is 0 Å². The van der Waals surface area contributed by atoms with Crippen LogP contribution in [0, 0.1) is 0 Å². The third-order valence-electron chi connectivity index (χ3n) is 2.35. The molecule has 0 aliphatic carbocycles. The molecule has 2 rings (SSSR count). The van der Waals surface area contributed by atoms with Crippen LogP contribution >= 0.6 is 0 Å². The predicted octanol–water partition coefficient (Wildman–Crippen LogP) is 3.26. The molecule has 0 fully saturated rings. The van der Waals surface area contributed by atoms with Crippen molar-refractivity contribution in [2.75, 3.05) is 11.1 Å². The zero-order chi connectivity index (χ0) is 13.0. The molecule has 0 radical (unpaired) electrons. The lowest BCUT2D eigenvalue weighted by atomic mass is 10.2. The largest absolute Gasteiger partial charge is 0.491 e. The fraction of sp³-hybridized carbons (Fsp3) is 0.286. The van der Waals surface area contributed by atoms with Crippen LogP contribution in [0.3, 0.4) is 0 Å². The van der Waals surface area contributed by atoms with E-state index < -0.39 is 0 Å². The van der Waals surface area contributed by atoms with Gasteiger partial charge in [0.05, 0.1) is 18.9 Å². The molecule has 1 aromatic carbocycles. The van der Waals surface area contributed by atoms with Crippen molar-refractivity contribution in [3.63, 3.8) is 0 Å². The van der Waals surface area contributed by atoms with Gasteiger partial charge in [-0.1, -0.05) is 0 Å². The molecule has 0 spiro atoms. The number of rotatable bonds is 5. The van der Waals surface area contributed by atoms with Crippen molar-refractivity contribution in [1.82, 2.24) is 0 Å². The zero-order valence-electron chi connectivity index (χ0n) is 10.6. The molecule has 0 saturated heterocycles. The van der Waals surface area contributed by atoms with Crippen LogP contribution in [0.25, 0.3) is 0 Å². The smallest absolute Gasteiger partial charge is 0.123 e. The van der Waals surface area contributed by atoms with E-state index in [2.05, 4.69) is 5.32 Å². The molecule has 0 atom stereocenters. The Balaban J connectivity index is 2.05. The minimum absolute atomic E-state index is 0.129. The second-order valence-corrected chi connectivity index (χ2v) is 4.39. The first kappa shape index (κ1) is 12.4. The van der Waals surface area contributed by atoms with Crippen LogP contribution < -0.4 is 15.8 Å². The average Bonchev–Trinajstić information content (AvgIpc) is 2.77. The molecule has 4 nitrogen and oxygen atoms in total. The molecule has 18 heavy (non-hydrogen) atoms. The Morgan fingerprint density at radius 1 is 1.33 bits per heavy atom. The molecule has 1 heterocycles. The molecule has 4 heteroatoms. The van der Waals surface area contributed by atoms with Gasteiger partial charge in [-0.25, -0.2) is 0 Å². The van der Waals surface area contributed by atoms with Crippen LogP contribution in [0.5, 0.6) is 5.75 Å². The van der Waals surface area contributed by atoms with E-state index in [0.29, 0.717) is 12.2 Å². The molecule has 2 aromatic rings. The molecule has 96 valence electrons. The average molecular weight is 246 g/mol. The third kappa shape index (κ3) is 3.45. The van der Waals surface area contributed by atoms with Crippen molar-refractivity contribution in [2.45, 2.75) is 26.5 Å².